The summed E-state index contributed by atoms with van der Waals surface area (Å²) in [7, 11) is 0. The smallest absolute Gasteiger partial charge is 0.0334 e. The molecule has 0 spiro atoms. The summed E-state index contributed by atoms with van der Waals surface area (Å²) in [6, 6.07) is 6.10. The van der Waals surface area contributed by atoms with E-state index in [9.17, 15) is 0 Å². The largest absolute Gasteiger partial charge is 0.313 e. The minimum absolute atomic E-state index is 0.553. The lowest BCUT2D eigenvalue weighted by molar-refractivity contribution is 0.107. The molecule has 1 atom stereocenters. The summed E-state index contributed by atoms with van der Waals surface area (Å²) in [4.78, 5) is 4.09. The Bertz CT molecular complexity index is 331. The van der Waals surface area contributed by atoms with Crippen LogP contribution in [0.1, 0.15) is 46.4 Å². The first-order valence-electron chi connectivity index (χ1n) is 7.43. The number of hydrogen-bond donors (Lipinski definition) is 1. The summed E-state index contributed by atoms with van der Waals surface area (Å²) in [6.07, 6.45) is 0. The zero-order chi connectivity index (χ0) is 14.4. The molecule has 0 radical (unpaired) electrons. The van der Waals surface area contributed by atoms with Crippen LogP contribution in [0.25, 0.3) is 0 Å². The van der Waals surface area contributed by atoms with Crippen LogP contribution in [0.5, 0.6) is 0 Å². The molecule has 0 amide bonds. The predicted octanol–water partition coefficient (Wildman–Crippen LogP) is 3.98. The summed E-state index contributed by atoms with van der Waals surface area (Å²) in [6.45, 7) is 15.8. The highest BCUT2D eigenvalue weighted by Gasteiger charge is 2.24. The Morgan fingerprint density at radius 1 is 1.16 bits per heavy atom. The minimum atomic E-state index is 0.553. The van der Waals surface area contributed by atoms with E-state index in [-0.39, 0.29) is 0 Å². The van der Waals surface area contributed by atoms with Crippen molar-refractivity contribution in [1.29, 1.82) is 0 Å². The van der Waals surface area contributed by atoms with Crippen molar-refractivity contribution in [3.63, 3.8) is 0 Å². The maximum absolute atomic E-state index is 3.60. The van der Waals surface area contributed by atoms with Crippen molar-refractivity contribution in [3.8, 4) is 0 Å². The zero-order valence-corrected chi connectivity index (χ0v) is 14.1. The van der Waals surface area contributed by atoms with Gasteiger partial charge >= 0.3 is 0 Å². The van der Waals surface area contributed by atoms with Crippen LogP contribution in [0.15, 0.2) is 17.5 Å². The van der Waals surface area contributed by atoms with Crippen LogP contribution < -0.4 is 5.32 Å². The Labute approximate surface area is 123 Å². The van der Waals surface area contributed by atoms with E-state index >= 15 is 0 Å². The van der Waals surface area contributed by atoms with Crippen molar-refractivity contribution < 1.29 is 0 Å². The molecule has 0 aliphatic heterocycles. The Balaban J connectivity index is 2.74. The van der Waals surface area contributed by atoms with Gasteiger partial charge in [-0.3, -0.25) is 4.90 Å². The normalized spacial score (nSPS) is 14.0. The average molecular weight is 282 g/mol. The highest BCUT2D eigenvalue weighted by Crippen LogP contribution is 2.20. The van der Waals surface area contributed by atoms with Gasteiger partial charge in [0.05, 0.1) is 0 Å². The summed E-state index contributed by atoms with van der Waals surface area (Å²) in [5, 5.41) is 5.77. The highest BCUT2D eigenvalue weighted by molar-refractivity contribution is 7.09. The summed E-state index contributed by atoms with van der Waals surface area (Å²) in [5.74, 6) is 0.661. The van der Waals surface area contributed by atoms with E-state index in [1.807, 2.05) is 11.3 Å². The van der Waals surface area contributed by atoms with E-state index in [2.05, 4.69) is 69.3 Å². The number of rotatable bonds is 8. The second-order valence-electron chi connectivity index (χ2n) is 6.22. The molecule has 0 aliphatic rings. The summed E-state index contributed by atoms with van der Waals surface area (Å²) >= 11 is 1.86. The molecule has 19 heavy (non-hydrogen) atoms. The van der Waals surface area contributed by atoms with Gasteiger partial charge in [0.25, 0.3) is 0 Å². The fraction of sp³-hybridized carbons (Fsp3) is 0.750. The third-order valence-electron chi connectivity index (χ3n) is 3.51. The molecule has 1 heterocycles. The fourth-order valence-corrected chi connectivity index (χ4v) is 3.07. The van der Waals surface area contributed by atoms with Crippen molar-refractivity contribution >= 4 is 11.3 Å². The molecule has 0 aromatic carbocycles. The molecule has 0 bridgehead atoms. The third kappa shape index (κ3) is 5.64. The Kier molecular flexibility index (Phi) is 7.05. The predicted molar refractivity (Wildman–Crippen MR) is 86.8 cm³/mol. The zero-order valence-electron chi connectivity index (χ0n) is 13.3. The van der Waals surface area contributed by atoms with Gasteiger partial charge in [0.1, 0.15) is 0 Å². The minimum Gasteiger partial charge on any atom is -0.313 e. The van der Waals surface area contributed by atoms with E-state index in [0.29, 0.717) is 24.0 Å². The van der Waals surface area contributed by atoms with Gasteiger partial charge in [-0.05, 0) is 31.2 Å². The molecule has 0 saturated heterocycles. The van der Waals surface area contributed by atoms with Gasteiger partial charge in [-0.2, -0.15) is 0 Å². The van der Waals surface area contributed by atoms with Crippen LogP contribution in [0.2, 0.25) is 0 Å². The number of nitrogens with zero attached hydrogens (tertiary/aromatic N) is 1. The van der Waals surface area contributed by atoms with Crippen LogP contribution in [0.4, 0.5) is 0 Å². The molecule has 1 unspecified atom stereocenters. The highest BCUT2D eigenvalue weighted by atomic mass is 32.1. The second-order valence-corrected chi connectivity index (χ2v) is 7.25. The maximum atomic E-state index is 3.60. The first kappa shape index (κ1) is 16.7. The molecular weight excluding hydrogens is 252 g/mol. The lowest BCUT2D eigenvalue weighted by Gasteiger charge is -2.38. The van der Waals surface area contributed by atoms with Crippen LogP contribution in [-0.2, 0) is 6.54 Å². The first-order valence-corrected chi connectivity index (χ1v) is 8.31. The fourth-order valence-electron chi connectivity index (χ4n) is 2.36. The van der Waals surface area contributed by atoms with E-state index in [0.717, 1.165) is 13.1 Å². The monoisotopic (exact) mass is 282 g/mol. The second kappa shape index (κ2) is 8.03. The van der Waals surface area contributed by atoms with E-state index in [1.165, 1.54) is 4.88 Å². The molecule has 3 heteroatoms. The average Bonchev–Trinajstić information content (AvgIpc) is 2.79. The first-order chi connectivity index (χ1) is 8.91. The molecule has 0 aliphatic carbocycles. The SMILES string of the molecule is CC(C)NCC(C(C)C)N(Cc1cccs1)C(C)C. The van der Waals surface area contributed by atoms with Gasteiger partial charge in [0, 0.05) is 36.1 Å². The molecule has 0 saturated carbocycles. The Morgan fingerprint density at radius 2 is 1.84 bits per heavy atom. The van der Waals surface area contributed by atoms with Gasteiger partial charge in [-0.15, -0.1) is 11.3 Å². The molecule has 1 N–H and O–H groups in total. The van der Waals surface area contributed by atoms with Crippen LogP contribution >= 0.6 is 11.3 Å². The molecule has 110 valence electrons. The number of hydrogen-bond acceptors (Lipinski definition) is 3. The van der Waals surface area contributed by atoms with Crippen LogP contribution in [0, 0.1) is 5.92 Å². The maximum Gasteiger partial charge on any atom is 0.0334 e. The molecule has 2 nitrogen and oxygen atoms in total. The van der Waals surface area contributed by atoms with Crippen molar-refractivity contribution in [1.82, 2.24) is 10.2 Å². The van der Waals surface area contributed by atoms with Gasteiger partial charge in [0.2, 0.25) is 0 Å². The number of thiophene rings is 1. The van der Waals surface area contributed by atoms with Crippen LogP contribution in [0.3, 0.4) is 0 Å². The van der Waals surface area contributed by atoms with Crippen LogP contribution in [-0.4, -0.2) is 29.6 Å². The molecule has 1 aromatic heterocycles. The third-order valence-corrected chi connectivity index (χ3v) is 4.37. The van der Waals surface area contributed by atoms with Gasteiger partial charge in [-0.1, -0.05) is 33.8 Å². The van der Waals surface area contributed by atoms with Crippen molar-refractivity contribution in [2.24, 2.45) is 5.92 Å². The van der Waals surface area contributed by atoms with E-state index < -0.39 is 0 Å². The van der Waals surface area contributed by atoms with Gasteiger partial charge in [-0.25, -0.2) is 0 Å². The van der Waals surface area contributed by atoms with Crippen molar-refractivity contribution in [3.05, 3.63) is 22.4 Å². The Hall–Kier alpha value is -0.380. The van der Waals surface area contributed by atoms with Crippen molar-refractivity contribution in [2.75, 3.05) is 6.54 Å². The molecule has 1 aromatic rings. The lowest BCUT2D eigenvalue weighted by Crippen LogP contribution is -2.49. The topological polar surface area (TPSA) is 15.3 Å². The van der Waals surface area contributed by atoms with E-state index in [4.69, 9.17) is 0 Å². The van der Waals surface area contributed by atoms with Gasteiger partial charge < -0.3 is 5.32 Å². The molecular formula is C16H30N2S. The quantitative estimate of drug-likeness (QED) is 0.776. The molecule has 0 fully saturated rings. The van der Waals surface area contributed by atoms with Crippen molar-refractivity contribution in [2.45, 2.75) is 66.2 Å². The number of nitrogens with one attached hydrogen (secondary N) is 1. The lowest BCUT2D eigenvalue weighted by atomic mass is 10.0. The van der Waals surface area contributed by atoms with Gasteiger partial charge in [0.15, 0.2) is 0 Å². The standard InChI is InChI=1S/C16H30N2S/c1-12(2)16(10-17-13(3)4)18(14(5)6)11-15-8-7-9-19-15/h7-9,12-14,16-17H,10-11H2,1-6H3. The Morgan fingerprint density at radius 3 is 2.26 bits per heavy atom. The molecule has 1 rings (SSSR count). The van der Waals surface area contributed by atoms with E-state index in [1.54, 1.807) is 0 Å². The summed E-state index contributed by atoms with van der Waals surface area (Å²) in [5.41, 5.74) is 0. The summed E-state index contributed by atoms with van der Waals surface area (Å²) < 4.78 is 0.